The Morgan fingerprint density at radius 1 is 1.28 bits per heavy atom. The Bertz CT molecular complexity index is 682. The van der Waals surface area contributed by atoms with Gasteiger partial charge in [-0.2, -0.15) is 0 Å². The molecule has 0 N–H and O–H groups in total. The molecule has 1 aromatic heterocycles. The van der Waals surface area contributed by atoms with Gasteiger partial charge in [0.05, 0.1) is 12.7 Å². The number of aromatic nitrogens is 1. The first-order valence-electron chi connectivity index (χ1n) is 8.96. The zero-order chi connectivity index (χ0) is 18.0. The highest BCUT2D eigenvalue weighted by Crippen LogP contribution is 2.34. The van der Waals surface area contributed by atoms with Crippen LogP contribution in [-0.4, -0.2) is 55.1 Å². The second-order valence-electron chi connectivity index (χ2n) is 7.46. The first kappa shape index (κ1) is 18.4. The summed E-state index contributed by atoms with van der Waals surface area (Å²) in [6.07, 6.45) is 2.03. The van der Waals surface area contributed by atoms with Gasteiger partial charge in [-0.05, 0) is 38.1 Å². The molecule has 0 spiro atoms. The van der Waals surface area contributed by atoms with E-state index in [1.807, 2.05) is 24.4 Å². The predicted molar refractivity (Wildman–Crippen MR) is 105 cm³/mol. The molecule has 0 saturated carbocycles. The molecule has 0 bridgehead atoms. The van der Waals surface area contributed by atoms with Crippen LogP contribution in [-0.2, 0) is 6.54 Å². The van der Waals surface area contributed by atoms with Gasteiger partial charge in [0.1, 0.15) is 10.8 Å². The van der Waals surface area contributed by atoms with Crippen LogP contribution in [0.3, 0.4) is 0 Å². The molecule has 25 heavy (non-hydrogen) atoms. The number of nitrogens with zero attached hydrogens (tertiary/aromatic N) is 3. The molecule has 2 atom stereocenters. The molecule has 1 saturated heterocycles. The second-order valence-corrected chi connectivity index (χ2v) is 8.58. The molecular weight excluding hydrogens is 330 g/mol. The van der Waals surface area contributed by atoms with Crippen molar-refractivity contribution >= 4 is 11.3 Å². The van der Waals surface area contributed by atoms with Gasteiger partial charge in [0.25, 0.3) is 0 Å². The lowest BCUT2D eigenvalue weighted by atomic mass is 9.91. The van der Waals surface area contributed by atoms with Gasteiger partial charge in [0, 0.05) is 36.8 Å². The molecule has 5 heteroatoms. The number of benzene rings is 1. The highest BCUT2D eigenvalue weighted by atomic mass is 32.1. The van der Waals surface area contributed by atoms with E-state index in [1.54, 1.807) is 18.4 Å². The fraction of sp³-hybridized carbons (Fsp3) is 0.550. The minimum absolute atomic E-state index is 0.640. The predicted octanol–water partition coefficient (Wildman–Crippen LogP) is 3.84. The summed E-state index contributed by atoms with van der Waals surface area (Å²) in [4.78, 5) is 10.9. The molecule has 1 aliphatic rings. The van der Waals surface area contributed by atoms with Crippen molar-refractivity contribution in [3.05, 3.63) is 35.3 Å². The summed E-state index contributed by atoms with van der Waals surface area (Å²) in [6.45, 7) is 7.98. The van der Waals surface area contributed by atoms with Crippen LogP contribution in [0.4, 0.5) is 0 Å². The van der Waals surface area contributed by atoms with Crippen LogP contribution < -0.4 is 4.74 Å². The Labute approximate surface area is 155 Å². The van der Waals surface area contributed by atoms with Crippen molar-refractivity contribution < 1.29 is 4.74 Å². The smallest absolute Gasteiger partial charge is 0.129 e. The minimum Gasteiger partial charge on any atom is -0.496 e. The summed E-state index contributed by atoms with van der Waals surface area (Å²) in [7, 11) is 6.12. The largest absolute Gasteiger partial charge is 0.496 e. The van der Waals surface area contributed by atoms with E-state index >= 15 is 0 Å². The van der Waals surface area contributed by atoms with Gasteiger partial charge < -0.3 is 9.64 Å². The summed E-state index contributed by atoms with van der Waals surface area (Å²) in [5.41, 5.74) is 1.08. The quantitative estimate of drug-likeness (QED) is 0.784. The van der Waals surface area contributed by atoms with Crippen LogP contribution >= 0.6 is 11.3 Å². The molecule has 0 unspecified atom stereocenters. The Kier molecular flexibility index (Phi) is 5.77. The van der Waals surface area contributed by atoms with Crippen molar-refractivity contribution in [3.63, 3.8) is 0 Å². The van der Waals surface area contributed by atoms with Crippen LogP contribution in [0.25, 0.3) is 10.6 Å². The number of likely N-dealkylation sites (N-methyl/N-ethyl adjacent to an activating group) is 1. The lowest BCUT2D eigenvalue weighted by Gasteiger charge is -2.27. The maximum Gasteiger partial charge on any atom is 0.129 e. The molecule has 3 rings (SSSR count). The number of thiazole rings is 1. The summed E-state index contributed by atoms with van der Waals surface area (Å²) < 4.78 is 5.47. The average Bonchev–Trinajstić information content (AvgIpc) is 3.22. The van der Waals surface area contributed by atoms with E-state index in [1.165, 1.54) is 11.4 Å². The maximum absolute atomic E-state index is 5.47. The number of hydrogen-bond donors (Lipinski definition) is 0. The maximum atomic E-state index is 5.47. The lowest BCUT2D eigenvalue weighted by molar-refractivity contribution is 0.215. The topological polar surface area (TPSA) is 28.6 Å². The number of para-hydroxylation sites is 1. The van der Waals surface area contributed by atoms with E-state index in [0.717, 1.165) is 35.3 Å². The van der Waals surface area contributed by atoms with Crippen molar-refractivity contribution in [2.75, 3.05) is 34.3 Å². The van der Waals surface area contributed by atoms with Crippen LogP contribution in [0.1, 0.15) is 18.7 Å². The molecule has 0 amide bonds. The standard InChI is InChI=1S/C20H29N3OS/c1-14(2)17-12-23(13-18(17)22(3)4)11-15-10-21-20(25-15)16-8-6-7-9-19(16)24-5/h6-10,14,17-18H,11-13H2,1-5H3/t17-,18+/m0/s1. The molecule has 2 heterocycles. The van der Waals surface area contributed by atoms with Crippen molar-refractivity contribution in [3.8, 4) is 16.3 Å². The van der Waals surface area contributed by atoms with Crippen LogP contribution in [0.2, 0.25) is 0 Å². The van der Waals surface area contributed by atoms with Gasteiger partial charge in [0.15, 0.2) is 0 Å². The Balaban J connectivity index is 1.72. The summed E-state index contributed by atoms with van der Waals surface area (Å²) in [6, 6.07) is 8.74. The third-order valence-corrected chi connectivity index (χ3v) is 6.21. The van der Waals surface area contributed by atoms with Gasteiger partial charge in [-0.15, -0.1) is 11.3 Å². The third kappa shape index (κ3) is 4.05. The van der Waals surface area contributed by atoms with Crippen molar-refractivity contribution in [1.82, 2.24) is 14.8 Å². The Hall–Kier alpha value is -1.43. The molecule has 4 nitrogen and oxygen atoms in total. The Morgan fingerprint density at radius 3 is 2.68 bits per heavy atom. The van der Waals surface area contributed by atoms with E-state index in [0.29, 0.717) is 12.0 Å². The SMILES string of the molecule is COc1ccccc1-c1ncc(CN2C[C@@H](N(C)C)[C@H](C(C)C)C2)s1. The molecule has 1 aromatic carbocycles. The van der Waals surface area contributed by atoms with Crippen molar-refractivity contribution in [2.24, 2.45) is 11.8 Å². The van der Waals surface area contributed by atoms with E-state index in [9.17, 15) is 0 Å². The van der Waals surface area contributed by atoms with Crippen molar-refractivity contribution in [2.45, 2.75) is 26.4 Å². The van der Waals surface area contributed by atoms with E-state index in [-0.39, 0.29) is 0 Å². The highest BCUT2D eigenvalue weighted by molar-refractivity contribution is 7.15. The first-order chi connectivity index (χ1) is 12.0. The van der Waals surface area contributed by atoms with Crippen LogP contribution in [0.5, 0.6) is 5.75 Å². The highest BCUT2D eigenvalue weighted by Gasteiger charge is 2.35. The normalized spacial score (nSPS) is 21.4. The third-order valence-electron chi connectivity index (χ3n) is 5.20. The minimum atomic E-state index is 0.640. The fourth-order valence-corrected chi connectivity index (χ4v) is 4.76. The zero-order valence-electron chi connectivity index (χ0n) is 15.9. The Morgan fingerprint density at radius 2 is 2.04 bits per heavy atom. The molecule has 2 aromatic rings. The molecule has 136 valence electrons. The zero-order valence-corrected chi connectivity index (χ0v) is 16.7. The van der Waals surface area contributed by atoms with Gasteiger partial charge in [-0.1, -0.05) is 26.0 Å². The number of likely N-dealkylation sites (tertiary alicyclic amines) is 1. The number of rotatable bonds is 6. The average molecular weight is 360 g/mol. The molecule has 1 aliphatic heterocycles. The second kappa shape index (κ2) is 7.85. The van der Waals surface area contributed by atoms with Crippen LogP contribution in [0.15, 0.2) is 30.5 Å². The van der Waals surface area contributed by atoms with Gasteiger partial charge in [-0.3, -0.25) is 4.90 Å². The van der Waals surface area contributed by atoms with Gasteiger partial charge in [-0.25, -0.2) is 4.98 Å². The molecule has 0 radical (unpaired) electrons. The van der Waals surface area contributed by atoms with Gasteiger partial charge in [0.2, 0.25) is 0 Å². The number of ether oxygens (including phenoxy) is 1. The van der Waals surface area contributed by atoms with Crippen LogP contribution in [0, 0.1) is 11.8 Å². The molecule has 0 aliphatic carbocycles. The van der Waals surface area contributed by atoms with E-state index < -0.39 is 0 Å². The monoisotopic (exact) mass is 359 g/mol. The van der Waals surface area contributed by atoms with Gasteiger partial charge >= 0.3 is 0 Å². The summed E-state index contributed by atoms with van der Waals surface area (Å²) in [5, 5.41) is 1.04. The van der Waals surface area contributed by atoms with E-state index in [4.69, 9.17) is 4.74 Å². The number of methoxy groups -OCH3 is 1. The lowest BCUT2D eigenvalue weighted by Crippen LogP contribution is -2.37. The molecular formula is C20H29N3OS. The fourth-order valence-electron chi connectivity index (χ4n) is 3.77. The summed E-state index contributed by atoms with van der Waals surface area (Å²) in [5.74, 6) is 2.33. The van der Waals surface area contributed by atoms with Crippen molar-refractivity contribution in [1.29, 1.82) is 0 Å². The summed E-state index contributed by atoms with van der Waals surface area (Å²) >= 11 is 1.78. The first-order valence-corrected chi connectivity index (χ1v) is 9.78. The van der Waals surface area contributed by atoms with E-state index in [2.05, 4.69) is 48.8 Å². The number of hydrogen-bond acceptors (Lipinski definition) is 5. The molecule has 1 fully saturated rings.